The fourth-order valence-corrected chi connectivity index (χ4v) is 2.88. The van der Waals surface area contributed by atoms with Gasteiger partial charge in [0, 0.05) is 16.7 Å². The van der Waals surface area contributed by atoms with E-state index in [0.29, 0.717) is 6.54 Å². The molecule has 0 heterocycles. The van der Waals surface area contributed by atoms with Crippen molar-refractivity contribution in [2.45, 2.75) is 19.9 Å². The highest BCUT2D eigenvalue weighted by molar-refractivity contribution is 9.10. The van der Waals surface area contributed by atoms with Crippen molar-refractivity contribution in [2.24, 2.45) is 5.73 Å². The molecule has 0 saturated carbocycles. The summed E-state index contributed by atoms with van der Waals surface area (Å²) < 4.78 is 1.10. The van der Waals surface area contributed by atoms with Gasteiger partial charge in [-0.15, -0.1) is 0 Å². The van der Waals surface area contributed by atoms with Crippen molar-refractivity contribution >= 4 is 21.6 Å². The van der Waals surface area contributed by atoms with Crippen LogP contribution >= 0.6 is 15.9 Å². The average molecular weight is 319 g/mol. The SMILES string of the molecule is Cc1cccc(NC(CN)c2ccc(C)cc2Br)c1. The minimum atomic E-state index is 0.108. The molecule has 100 valence electrons. The topological polar surface area (TPSA) is 38.0 Å². The van der Waals surface area contributed by atoms with Crippen LogP contribution in [-0.2, 0) is 0 Å². The fraction of sp³-hybridized carbons (Fsp3) is 0.250. The number of anilines is 1. The predicted octanol–water partition coefficient (Wildman–Crippen LogP) is 4.18. The van der Waals surface area contributed by atoms with Crippen molar-refractivity contribution < 1.29 is 0 Å². The molecule has 0 spiro atoms. The molecule has 19 heavy (non-hydrogen) atoms. The van der Waals surface area contributed by atoms with Crippen molar-refractivity contribution in [3.63, 3.8) is 0 Å². The Balaban J connectivity index is 2.25. The van der Waals surface area contributed by atoms with Crippen LogP contribution in [0.5, 0.6) is 0 Å². The first kappa shape index (κ1) is 14.1. The first-order valence-corrected chi connectivity index (χ1v) is 7.19. The van der Waals surface area contributed by atoms with Gasteiger partial charge in [0.15, 0.2) is 0 Å². The van der Waals surface area contributed by atoms with Crippen LogP contribution < -0.4 is 11.1 Å². The normalized spacial score (nSPS) is 12.2. The summed E-state index contributed by atoms with van der Waals surface area (Å²) in [6.07, 6.45) is 0. The van der Waals surface area contributed by atoms with Crippen LogP contribution in [0.2, 0.25) is 0 Å². The quantitative estimate of drug-likeness (QED) is 0.887. The van der Waals surface area contributed by atoms with Crippen LogP contribution in [-0.4, -0.2) is 6.54 Å². The van der Waals surface area contributed by atoms with Crippen LogP contribution in [0.4, 0.5) is 5.69 Å². The Kier molecular flexibility index (Phi) is 4.61. The summed E-state index contributed by atoms with van der Waals surface area (Å²) in [5.74, 6) is 0. The largest absolute Gasteiger partial charge is 0.377 e. The third-order valence-corrected chi connectivity index (χ3v) is 3.81. The standard InChI is InChI=1S/C16H19BrN2/c1-11-4-3-5-13(8-11)19-16(10-18)14-7-6-12(2)9-15(14)17/h3-9,16,19H,10,18H2,1-2H3. The number of rotatable bonds is 4. The summed E-state index contributed by atoms with van der Waals surface area (Å²) in [5.41, 5.74) is 10.7. The summed E-state index contributed by atoms with van der Waals surface area (Å²) in [5, 5.41) is 3.49. The van der Waals surface area contributed by atoms with Gasteiger partial charge in [0.1, 0.15) is 0 Å². The number of nitrogens with two attached hydrogens (primary N) is 1. The van der Waals surface area contributed by atoms with Gasteiger partial charge < -0.3 is 11.1 Å². The molecule has 0 aliphatic heterocycles. The number of hydrogen-bond donors (Lipinski definition) is 2. The van der Waals surface area contributed by atoms with Crippen molar-refractivity contribution in [3.05, 3.63) is 63.6 Å². The Labute approximate surface area is 123 Å². The molecule has 0 bridgehead atoms. The van der Waals surface area contributed by atoms with Crippen molar-refractivity contribution in [2.75, 3.05) is 11.9 Å². The fourth-order valence-electron chi connectivity index (χ4n) is 2.11. The Bertz CT molecular complexity index is 566. The van der Waals surface area contributed by atoms with E-state index >= 15 is 0 Å². The number of benzene rings is 2. The Hall–Kier alpha value is -1.32. The summed E-state index contributed by atoms with van der Waals surface area (Å²) in [7, 11) is 0. The molecule has 0 amide bonds. The van der Waals surface area contributed by atoms with E-state index in [1.54, 1.807) is 0 Å². The lowest BCUT2D eigenvalue weighted by Crippen LogP contribution is -2.21. The average Bonchev–Trinajstić information content (AvgIpc) is 2.37. The third-order valence-electron chi connectivity index (χ3n) is 3.13. The molecule has 2 aromatic rings. The van der Waals surface area contributed by atoms with Gasteiger partial charge in [-0.25, -0.2) is 0 Å². The van der Waals surface area contributed by atoms with Crippen LogP contribution in [0.3, 0.4) is 0 Å². The predicted molar refractivity (Wildman–Crippen MR) is 85.5 cm³/mol. The Morgan fingerprint density at radius 1 is 1.11 bits per heavy atom. The lowest BCUT2D eigenvalue weighted by Gasteiger charge is -2.20. The molecule has 2 rings (SSSR count). The highest BCUT2D eigenvalue weighted by Crippen LogP contribution is 2.27. The van der Waals surface area contributed by atoms with Crippen LogP contribution in [0, 0.1) is 13.8 Å². The molecule has 2 aromatic carbocycles. The zero-order chi connectivity index (χ0) is 13.8. The second kappa shape index (κ2) is 6.22. The molecule has 3 heteroatoms. The number of aryl methyl sites for hydroxylation is 2. The van der Waals surface area contributed by atoms with Crippen LogP contribution in [0.1, 0.15) is 22.7 Å². The summed E-state index contributed by atoms with van der Waals surface area (Å²) in [6.45, 7) is 4.72. The summed E-state index contributed by atoms with van der Waals surface area (Å²) in [6, 6.07) is 14.8. The van der Waals surface area contributed by atoms with Gasteiger partial charge in [-0.05, 0) is 48.7 Å². The first-order chi connectivity index (χ1) is 9.10. The molecule has 0 aliphatic rings. The number of halogens is 1. The molecule has 0 fully saturated rings. The maximum absolute atomic E-state index is 5.91. The second-order valence-electron chi connectivity index (χ2n) is 4.83. The number of nitrogens with one attached hydrogen (secondary N) is 1. The molecule has 3 N–H and O–H groups in total. The minimum absolute atomic E-state index is 0.108. The maximum atomic E-state index is 5.91. The van der Waals surface area contributed by atoms with Gasteiger partial charge >= 0.3 is 0 Å². The minimum Gasteiger partial charge on any atom is -0.377 e. The molecule has 0 aromatic heterocycles. The van der Waals surface area contributed by atoms with E-state index in [-0.39, 0.29) is 6.04 Å². The number of hydrogen-bond acceptors (Lipinski definition) is 2. The Morgan fingerprint density at radius 2 is 1.84 bits per heavy atom. The monoisotopic (exact) mass is 318 g/mol. The molecule has 0 radical (unpaired) electrons. The molecule has 0 saturated heterocycles. The van der Waals surface area contributed by atoms with E-state index in [0.717, 1.165) is 10.2 Å². The molecular formula is C16H19BrN2. The lowest BCUT2D eigenvalue weighted by molar-refractivity contribution is 0.785. The van der Waals surface area contributed by atoms with Crippen molar-refractivity contribution in [1.29, 1.82) is 0 Å². The van der Waals surface area contributed by atoms with Gasteiger partial charge in [0.05, 0.1) is 6.04 Å². The van der Waals surface area contributed by atoms with E-state index in [4.69, 9.17) is 5.73 Å². The smallest absolute Gasteiger partial charge is 0.0647 e. The van der Waals surface area contributed by atoms with E-state index in [2.05, 4.69) is 77.6 Å². The van der Waals surface area contributed by atoms with E-state index in [9.17, 15) is 0 Å². The zero-order valence-corrected chi connectivity index (χ0v) is 12.9. The van der Waals surface area contributed by atoms with E-state index in [1.165, 1.54) is 16.7 Å². The third kappa shape index (κ3) is 3.58. The first-order valence-electron chi connectivity index (χ1n) is 6.39. The lowest BCUT2D eigenvalue weighted by atomic mass is 10.0. The molecule has 1 atom stereocenters. The molecular weight excluding hydrogens is 300 g/mol. The van der Waals surface area contributed by atoms with Gasteiger partial charge in [-0.3, -0.25) is 0 Å². The zero-order valence-electron chi connectivity index (χ0n) is 11.3. The Morgan fingerprint density at radius 3 is 2.47 bits per heavy atom. The van der Waals surface area contributed by atoms with Crippen molar-refractivity contribution in [3.8, 4) is 0 Å². The summed E-state index contributed by atoms with van der Waals surface area (Å²) >= 11 is 3.62. The van der Waals surface area contributed by atoms with Crippen LogP contribution in [0.25, 0.3) is 0 Å². The van der Waals surface area contributed by atoms with Crippen LogP contribution in [0.15, 0.2) is 46.9 Å². The van der Waals surface area contributed by atoms with Gasteiger partial charge in [0.2, 0.25) is 0 Å². The molecule has 0 aliphatic carbocycles. The molecule has 2 nitrogen and oxygen atoms in total. The highest BCUT2D eigenvalue weighted by atomic mass is 79.9. The second-order valence-corrected chi connectivity index (χ2v) is 5.68. The van der Waals surface area contributed by atoms with Gasteiger partial charge in [0.25, 0.3) is 0 Å². The van der Waals surface area contributed by atoms with E-state index < -0.39 is 0 Å². The van der Waals surface area contributed by atoms with Gasteiger partial charge in [-0.1, -0.05) is 40.2 Å². The van der Waals surface area contributed by atoms with Gasteiger partial charge in [-0.2, -0.15) is 0 Å². The summed E-state index contributed by atoms with van der Waals surface area (Å²) in [4.78, 5) is 0. The van der Waals surface area contributed by atoms with Crippen molar-refractivity contribution in [1.82, 2.24) is 0 Å². The highest BCUT2D eigenvalue weighted by Gasteiger charge is 2.12. The molecule has 1 unspecified atom stereocenters. The van der Waals surface area contributed by atoms with E-state index in [1.807, 2.05) is 0 Å². The maximum Gasteiger partial charge on any atom is 0.0647 e.